The molecule has 1 nitrogen and oxygen atoms in total. The van der Waals surface area contributed by atoms with E-state index in [9.17, 15) is 4.79 Å². The largest absolute Gasteiger partial charge is 0.294 e. The molecule has 0 saturated heterocycles. The molecular weight excluding hydrogens is 232 g/mol. The molecule has 3 aliphatic carbocycles. The van der Waals surface area contributed by atoms with Crippen molar-refractivity contribution in [3.05, 3.63) is 40.0 Å². The van der Waals surface area contributed by atoms with Gasteiger partial charge < -0.3 is 0 Å². The van der Waals surface area contributed by atoms with E-state index in [-0.39, 0.29) is 0 Å². The molecule has 0 aliphatic heterocycles. The lowest BCUT2D eigenvalue weighted by Gasteiger charge is -2.31. The zero-order valence-corrected chi connectivity index (χ0v) is 12.0. The SMILES string of the molecule is CC1=C2c3ccc(C)c(C)c3CC23CCC(C3)C1=O. The molecule has 1 aromatic carbocycles. The highest BCUT2D eigenvalue weighted by Crippen LogP contribution is 2.62. The highest BCUT2D eigenvalue weighted by Gasteiger charge is 2.53. The van der Waals surface area contributed by atoms with E-state index in [0.29, 0.717) is 17.1 Å². The number of ketones is 1. The van der Waals surface area contributed by atoms with E-state index in [1.807, 2.05) is 0 Å². The molecule has 3 aliphatic rings. The molecule has 98 valence electrons. The number of allylic oxidation sites excluding steroid dienone is 2. The van der Waals surface area contributed by atoms with Crippen LogP contribution in [0, 0.1) is 25.2 Å². The Morgan fingerprint density at radius 1 is 1.21 bits per heavy atom. The first-order chi connectivity index (χ1) is 9.03. The Hall–Kier alpha value is -1.37. The van der Waals surface area contributed by atoms with E-state index < -0.39 is 0 Å². The second-order valence-electron chi connectivity index (χ2n) is 6.79. The van der Waals surface area contributed by atoms with Gasteiger partial charge in [-0.15, -0.1) is 0 Å². The number of hydrogen-bond acceptors (Lipinski definition) is 1. The first-order valence-corrected chi connectivity index (χ1v) is 7.38. The number of aryl methyl sites for hydroxylation is 1. The molecule has 0 aromatic heterocycles. The van der Waals surface area contributed by atoms with E-state index in [0.717, 1.165) is 18.4 Å². The summed E-state index contributed by atoms with van der Waals surface area (Å²) in [5.74, 6) is 0.744. The van der Waals surface area contributed by atoms with Gasteiger partial charge >= 0.3 is 0 Å². The number of hydrogen-bond donors (Lipinski definition) is 0. The van der Waals surface area contributed by atoms with E-state index in [1.54, 1.807) is 0 Å². The Morgan fingerprint density at radius 3 is 2.79 bits per heavy atom. The van der Waals surface area contributed by atoms with Crippen LogP contribution < -0.4 is 0 Å². The third kappa shape index (κ3) is 1.24. The van der Waals surface area contributed by atoms with E-state index in [1.165, 1.54) is 40.7 Å². The van der Waals surface area contributed by atoms with Crippen LogP contribution in [-0.2, 0) is 11.2 Å². The van der Waals surface area contributed by atoms with Crippen LogP contribution in [0.1, 0.15) is 48.4 Å². The van der Waals surface area contributed by atoms with Crippen molar-refractivity contribution in [2.24, 2.45) is 11.3 Å². The molecule has 2 atom stereocenters. The van der Waals surface area contributed by atoms with Gasteiger partial charge in [0.15, 0.2) is 5.78 Å². The number of benzene rings is 1. The Kier molecular flexibility index (Phi) is 2.04. The van der Waals surface area contributed by atoms with E-state index in [2.05, 4.69) is 32.9 Å². The average molecular weight is 252 g/mol. The maximum atomic E-state index is 12.4. The van der Waals surface area contributed by atoms with Crippen molar-refractivity contribution in [1.82, 2.24) is 0 Å². The maximum Gasteiger partial charge on any atom is 0.161 e. The normalized spacial score (nSPS) is 31.7. The minimum Gasteiger partial charge on any atom is -0.294 e. The lowest BCUT2D eigenvalue weighted by atomic mass is 9.71. The lowest BCUT2D eigenvalue weighted by Crippen LogP contribution is -2.26. The smallest absolute Gasteiger partial charge is 0.161 e. The molecule has 1 fully saturated rings. The van der Waals surface area contributed by atoms with Gasteiger partial charge in [0.05, 0.1) is 0 Å². The van der Waals surface area contributed by atoms with Gasteiger partial charge in [-0.05, 0) is 79.9 Å². The quantitative estimate of drug-likeness (QED) is 0.682. The van der Waals surface area contributed by atoms with Gasteiger partial charge in [0.1, 0.15) is 0 Å². The summed E-state index contributed by atoms with van der Waals surface area (Å²) >= 11 is 0. The lowest BCUT2D eigenvalue weighted by molar-refractivity contribution is -0.119. The van der Waals surface area contributed by atoms with Crippen molar-refractivity contribution < 1.29 is 4.79 Å². The predicted molar refractivity (Wildman–Crippen MR) is 77.0 cm³/mol. The number of Topliss-reactive ketones (excluding diaryl/α,β-unsaturated/α-hetero) is 1. The van der Waals surface area contributed by atoms with E-state index >= 15 is 0 Å². The van der Waals surface area contributed by atoms with Crippen molar-refractivity contribution in [3.63, 3.8) is 0 Å². The summed E-state index contributed by atoms with van der Waals surface area (Å²) in [6.45, 7) is 6.50. The second-order valence-corrected chi connectivity index (χ2v) is 6.79. The van der Waals surface area contributed by atoms with Crippen LogP contribution in [0.25, 0.3) is 5.57 Å². The van der Waals surface area contributed by atoms with Crippen LogP contribution >= 0.6 is 0 Å². The van der Waals surface area contributed by atoms with E-state index in [4.69, 9.17) is 0 Å². The summed E-state index contributed by atoms with van der Waals surface area (Å²) in [4.78, 5) is 12.4. The maximum absolute atomic E-state index is 12.4. The van der Waals surface area contributed by atoms with Crippen molar-refractivity contribution in [2.75, 3.05) is 0 Å². The highest BCUT2D eigenvalue weighted by molar-refractivity contribution is 6.08. The molecule has 1 heteroatoms. The number of rotatable bonds is 0. The number of fused-ring (bicyclic) bond motifs is 3. The molecule has 4 rings (SSSR count). The van der Waals surface area contributed by atoms with Crippen LogP contribution in [0.2, 0.25) is 0 Å². The fourth-order valence-corrected chi connectivity index (χ4v) is 4.82. The third-order valence-electron chi connectivity index (χ3n) is 5.91. The first-order valence-electron chi connectivity index (χ1n) is 7.38. The number of carbonyl (C=O) groups is 1. The summed E-state index contributed by atoms with van der Waals surface area (Å²) in [7, 11) is 0. The van der Waals surface area contributed by atoms with Crippen LogP contribution in [0.3, 0.4) is 0 Å². The monoisotopic (exact) mass is 252 g/mol. The molecule has 0 radical (unpaired) electrons. The summed E-state index contributed by atoms with van der Waals surface area (Å²) in [6, 6.07) is 4.48. The van der Waals surface area contributed by atoms with Gasteiger partial charge in [0.25, 0.3) is 0 Å². The molecule has 19 heavy (non-hydrogen) atoms. The third-order valence-corrected chi connectivity index (χ3v) is 5.91. The molecule has 1 saturated carbocycles. The van der Waals surface area contributed by atoms with Crippen LogP contribution in [0.5, 0.6) is 0 Å². The van der Waals surface area contributed by atoms with Gasteiger partial charge in [0.2, 0.25) is 0 Å². The molecular formula is C18H20O. The topological polar surface area (TPSA) is 17.1 Å². The van der Waals surface area contributed by atoms with Crippen LogP contribution in [0.4, 0.5) is 0 Å². The minimum atomic E-state index is 0.309. The fourth-order valence-electron chi connectivity index (χ4n) is 4.82. The van der Waals surface area contributed by atoms with Gasteiger partial charge in [-0.3, -0.25) is 4.79 Å². The van der Waals surface area contributed by atoms with Crippen LogP contribution in [0.15, 0.2) is 17.7 Å². The molecule has 0 N–H and O–H groups in total. The molecule has 0 amide bonds. The predicted octanol–water partition coefficient (Wildman–Crippen LogP) is 4.00. The zero-order chi connectivity index (χ0) is 13.4. The summed E-state index contributed by atoms with van der Waals surface area (Å²) in [6.07, 6.45) is 4.59. The molecule has 1 spiro atoms. The molecule has 0 heterocycles. The second kappa shape index (κ2) is 3.39. The van der Waals surface area contributed by atoms with Gasteiger partial charge in [-0.1, -0.05) is 12.1 Å². The van der Waals surface area contributed by atoms with Gasteiger partial charge in [-0.2, -0.15) is 0 Å². The average Bonchev–Trinajstić information content (AvgIpc) is 2.93. The first kappa shape index (κ1) is 11.5. The Morgan fingerprint density at radius 2 is 2.00 bits per heavy atom. The molecule has 1 aromatic rings. The molecule has 2 bridgehead atoms. The zero-order valence-electron chi connectivity index (χ0n) is 12.0. The summed E-state index contributed by atoms with van der Waals surface area (Å²) < 4.78 is 0. The summed E-state index contributed by atoms with van der Waals surface area (Å²) in [5, 5.41) is 0. The Bertz CT molecular complexity index is 650. The fraction of sp³-hybridized carbons (Fsp3) is 0.500. The van der Waals surface area contributed by atoms with Gasteiger partial charge in [0, 0.05) is 11.3 Å². The Labute approximate surface area is 114 Å². The van der Waals surface area contributed by atoms with Crippen molar-refractivity contribution in [3.8, 4) is 0 Å². The van der Waals surface area contributed by atoms with Crippen molar-refractivity contribution in [1.29, 1.82) is 0 Å². The molecule has 2 unspecified atom stereocenters. The van der Waals surface area contributed by atoms with Crippen LogP contribution in [-0.4, -0.2) is 5.78 Å². The minimum absolute atomic E-state index is 0.309. The Balaban J connectivity index is 2.03. The number of carbonyl (C=O) groups excluding carboxylic acids is 1. The van der Waals surface area contributed by atoms with Crippen molar-refractivity contribution >= 4 is 11.4 Å². The standard InChI is InChI=1S/C18H20O/c1-10-4-5-14-15(11(10)2)9-18-7-6-13(8-18)17(19)12(3)16(14)18/h4-5,13H,6-9H2,1-3H3. The van der Waals surface area contributed by atoms with Crippen molar-refractivity contribution in [2.45, 2.75) is 46.5 Å². The summed E-state index contributed by atoms with van der Waals surface area (Å²) in [5.41, 5.74) is 8.51. The highest BCUT2D eigenvalue weighted by atomic mass is 16.1. The van der Waals surface area contributed by atoms with Gasteiger partial charge in [-0.25, -0.2) is 0 Å².